The van der Waals surface area contributed by atoms with Crippen molar-refractivity contribution in [1.29, 1.82) is 5.26 Å². The molecule has 1 aromatic heterocycles. The lowest BCUT2D eigenvalue weighted by atomic mass is 10.1. The van der Waals surface area contributed by atoms with Gasteiger partial charge in [0.2, 0.25) is 5.91 Å². The van der Waals surface area contributed by atoms with E-state index >= 15 is 0 Å². The van der Waals surface area contributed by atoms with Gasteiger partial charge in [-0.1, -0.05) is 0 Å². The third kappa shape index (κ3) is 2.74. The highest BCUT2D eigenvalue weighted by Gasteiger charge is 2.19. The first kappa shape index (κ1) is 14.3. The lowest BCUT2D eigenvalue weighted by Crippen LogP contribution is -2.40. The first-order valence-electron chi connectivity index (χ1n) is 6.93. The molecule has 1 aliphatic rings. The molecule has 1 amide bonds. The summed E-state index contributed by atoms with van der Waals surface area (Å²) in [5, 5.41) is 9.04. The normalized spacial score (nSPS) is 14.9. The second kappa shape index (κ2) is 5.91. The van der Waals surface area contributed by atoms with Crippen LogP contribution in [0.3, 0.4) is 0 Å². The van der Waals surface area contributed by atoms with Crippen molar-refractivity contribution in [2.75, 3.05) is 13.1 Å². The number of amides is 1. The van der Waals surface area contributed by atoms with Gasteiger partial charge in [-0.2, -0.15) is 5.26 Å². The number of rotatable bonds is 2. The second-order valence-corrected chi connectivity index (χ2v) is 5.29. The molecular formula is C15H19N3O2. The Kier molecular flexibility index (Phi) is 4.23. The zero-order valence-electron chi connectivity index (χ0n) is 12.0. The summed E-state index contributed by atoms with van der Waals surface area (Å²) < 4.78 is 1.41. The van der Waals surface area contributed by atoms with Crippen LogP contribution >= 0.6 is 0 Å². The molecule has 0 atom stereocenters. The Hall–Kier alpha value is -2.09. The Bertz CT molecular complexity index is 619. The van der Waals surface area contributed by atoms with Crippen LogP contribution in [0.2, 0.25) is 0 Å². The number of likely N-dealkylation sites (tertiary alicyclic amines) is 1. The number of hydrogen-bond acceptors (Lipinski definition) is 3. The van der Waals surface area contributed by atoms with E-state index < -0.39 is 0 Å². The van der Waals surface area contributed by atoms with Gasteiger partial charge in [-0.25, -0.2) is 0 Å². The molecule has 0 unspecified atom stereocenters. The van der Waals surface area contributed by atoms with Crippen LogP contribution < -0.4 is 5.56 Å². The molecule has 5 heteroatoms. The van der Waals surface area contributed by atoms with Crippen LogP contribution in [-0.4, -0.2) is 28.5 Å². The average molecular weight is 273 g/mol. The van der Waals surface area contributed by atoms with Gasteiger partial charge in [0.05, 0.1) is 0 Å². The Balaban J connectivity index is 2.27. The van der Waals surface area contributed by atoms with E-state index in [-0.39, 0.29) is 23.6 Å². The Labute approximate surface area is 118 Å². The molecule has 106 valence electrons. The van der Waals surface area contributed by atoms with E-state index in [1.54, 1.807) is 24.8 Å². The summed E-state index contributed by atoms with van der Waals surface area (Å²) in [4.78, 5) is 26.3. The topological polar surface area (TPSA) is 66.1 Å². The van der Waals surface area contributed by atoms with Crippen molar-refractivity contribution in [2.24, 2.45) is 0 Å². The molecule has 0 aliphatic carbocycles. The molecule has 2 heterocycles. The lowest BCUT2D eigenvalue weighted by molar-refractivity contribution is -0.132. The third-order valence-corrected chi connectivity index (χ3v) is 3.82. The van der Waals surface area contributed by atoms with Crippen molar-refractivity contribution >= 4 is 5.91 Å². The number of nitriles is 1. The summed E-state index contributed by atoms with van der Waals surface area (Å²) in [5.74, 6) is -0.0392. The fourth-order valence-corrected chi connectivity index (χ4v) is 2.64. The maximum Gasteiger partial charge on any atom is 0.269 e. The predicted molar refractivity (Wildman–Crippen MR) is 75.3 cm³/mol. The fraction of sp³-hybridized carbons (Fsp3) is 0.533. The Morgan fingerprint density at radius 1 is 1.30 bits per heavy atom. The van der Waals surface area contributed by atoms with Crippen LogP contribution in [0.4, 0.5) is 0 Å². The van der Waals surface area contributed by atoms with Crippen molar-refractivity contribution < 1.29 is 4.79 Å². The van der Waals surface area contributed by atoms with Crippen molar-refractivity contribution in [3.8, 4) is 6.07 Å². The van der Waals surface area contributed by atoms with Gasteiger partial charge in [-0.05, 0) is 44.7 Å². The number of carbonyl (C=O) groups is 1. The predicted octanol–water partition coefficient (Wildman–Crippen LogP) is 1.35. The summed E-state index contributed by atoms with van der Waals surface area (Å²) >= 11 is 0. The minimum Gasteiger partial charge on any atom is -0.341 e. The minimum atomic E-state index is -0.365. The highest BCUT2D eigenvalue weighted by atomic mass is 16.2. The molecule has 0 radical (unpaired) electrons. The van der Waals surface area contributed by atoms with Crippen LogP contribution in [0.1, 0.15) is 36.1 Å². The zero-order valence-corrected chi connectivity index (χ0v) is 12.0. The van der Waals surface area contributed by atoms with Crippen molar-refractivity contribution in [1.82, 2.24) is 9.47 Å². The smallest absolute Gasteiger partial charge is 0.269 e. The number of aryl methyl sites for hydroxylation is 2. The van der Waals surface area contributed by atoms with Crippen molar-refractivity contribution in [3.05, 3.63) is 33.2 Å². The number of aromatic nitrogens is 1. The van der Waals surface area contributed by atoms with Crippen LogP contribution in [0.15, 0.2) is 10.9 Å². The summed E-state index contributed by atoms with van der Waals surface area (Å²) in [7, 11) is 0. The highest BCUT2D eigenvalue weighted by molar-refractivity contribution is 5.76. The summed E-state index contributed by atoms with van der Waals surface area (Å²) in [5.41, 5.74) is 1.14. The van der Waals surface area contributed by atoms with Crippen molar-refractivity contribution in [3.63, 3.8) is 0 Å². The fourth-order valence-electron chi connectivity index (χ4n) is 2.64. The molecule has 1 fully saturated rings. The highest BCUT2D eigenvalue weighted by Crippen LogP contribution is 2.10. The third-order valence-electron chi connectivity index (χ3n) is 3.82. The monoisotopic (exact) mass is 273 g/mol. The van der Waals surface area contributed by atoms with Gasteiger partial charge in [-0.15, -0.1) is 0 Å². The lowest BCUT2D eigenvalue weighted by Gasteiger charge is -2.27. The van der Waals surface area contributed by atoms with Gasteiger partial charge in [0, 0.05) is 18.8 Å². The van der Waals surface area contributed by atoms with Gasteiger partial charge in [0.25, 0.3) is 5.56 Å². The van der Waals surface area contributed by atoms with E-state index in [0.717, 1.165) is 38.0 Å². The van der Waals surface area contributed by atoms with Gasteiger partial charge >= 0.3 is 0 Å². The largest absolute Gasteiger partial charge is 0.341 e. The minimum absolute atomic E-state index is 0.0274. The van der Waals surface area contributed by atoms with Gasteiger partial charge in [-0.3, -0.25) is 9.59 Å². The molecule has 20 heavy (non-hydrogen) atoms. The number of carbonyl (C=O) groups excluding carboxylic acids is 1. The van der Waals surface area contributed by atoms with Crippen LogP contribution in [0, 0.1) is 25.2 Å². The molecule has 1 aromatic rings. The first-order chi connectivity index (χ1) is 9.54. The van der Waals surface area contributed by atoms with E-state index in [2.05, 4.69) is 0 Å². The van der Waals surface area contributed by atoms with E-state index in [0.29, 0.717) is 5.56 Å². The maximum absolute atomic E-state index is 12.2. The molecule has 0 bridgehead atoms. The summed E-state index contributed by atoms with van der Waals surface area (Å²) in [6, 6.07) is 3.71. The number of piperidine rings is 1. The van der Waals surface area contributed by atoms with E-state index in [4.69, 9.17) is 5.26 Å². The standard InChI is InChI=1S/C15H19N3O2/c1-11-8-12(2)18(15(20)13(11)9-16)10-14(19)17-6-4-3-5-7-17/h8H,3-7,10H2,1-2H3. The average Bonchev–Trinajstić information content (AvgIpc) is 2.44. The van der Waals surface area contributed by atoms with E-state index in [1.807, 2.05) is 6.07 Å². The molecule has 5 nitrogen and oxygen atoms in total. The molecular weight excluding hydrogens is 254 g/mol. The first-order valence-corrected chi connectivity index (χ1v) is 6.93. The van der Waals surface area contributed by atoms with Crippen LogP contribution in [0.25, 0.3) is 0 Å². The van der Waals surface area contributed by atoms with Crippen LogP contribution in [0.5, 0.6) is 0 Å². The van der Waals surface area contributed by atoms with E-state index in [1.165, 1.54) is 4.57 Å². The SMILES string of the molecule is Cc1cc(C)n(CC(=O)N2CCCCC2)c(=O)c1C#N. The summed E-state index contributed by atoms with van der Waals surface area (Å²) in [6.45, 7) is 5.09. The van der Waals surface area contributed by atoms with Crippen LogP contribution in [-0.2, 0) is 11.3 Å². The van der Waals surface area contributed by atoms with Gasteiger partial charge in [0.15, 0.2) is 0 Å². The number of pyridine rings is 1. The molecule has 0 aromatic carbocycles. The molecule has 0 saturated carbocycles. The van der Waals surface area contributed by atoms with Gasteiger partial charge < -0.3 is 9.47 Å². The van der Waals surface area contributed by atoms with Crippen molar-refractivity contribution in [2.45, 2.75) is 39.7 Å². The molecule has 0 spiro atoms. The second-order valence-electron chi connectivity index (χ2n) is 5.29. The number of nitrogens with zero attached hydrogens (tertiary/aromatic N) is 3. The molecule has 2 rings (SSSR count). The maximum atomic E-state index is 12.2. The molecule has 0 N–H and O–H groups in total. The molecule has 1 saturated heterocycles. The molecule has 1 aliphatic heterocycles. The van der Waals surface area contributed by atoms with Gasteiger partial charge in [0.1, 0.15) is 18.2 Å². The Morgan fingerprint density at radius 3 is 2.55 bits per heavy atom. The Morgan fingerprint density at radius 2 is 1.95 bits per heavy atom. The summed E-state index contributed by atoms with van der Waals surface area (Å²) in [6.07, 6.45) is 3.21. The van der Waals surface area contributed by atoms with E-state index in [9.17, 15) is 9.59 Å². The quantitative estimate of drug-likeness (QED) is 0.817. The number of hydrogen-bond donors (Lipinski definition) is 0. The zero-order chi connectivity index (χ0) is 14.7.